The van der Waals surface area contributed by atoms with Gasteiger partial charge >= 0.3 is 0 Å². The first-order chi connectivity index (χ1) is 10.3. The Bertz CT molecular complexity index is 540. The molecule has 0 aliphatic carbocycles. The minimum absolute atomic E-state index is 0.623. The summed E-state index contributed by atoms with van der Waals surface area (Å²) in [6.45, 7) is 2.81. The van der Waals surface area contributed by atoms with Crippen LogP contribution in [0.15, 0.2) is 48.5 Å². The zero-order valence-corrected chi connectivity index (χ0v) is 13.1. The lowest BCUT2D eigenvalue weighted by atomic mass is 10.1. The Kier molecular flexibility index (Phi) is 6.42. The van der Waals surface area contributed by atoms with Gasteiger partial charge in [0.15, 0.2) is 0 Å². The van der Waals surface area contributed by atoms with Crippen molar-refractivity contribution in [3.63, 3.8) is 0 Å². The number of alkyl halides is 1. The number of benzene rings is 2. The molecule has 2 aromatic rings. The highest BCUT2D eigenvalue weighted by Crippen LogP contribution is 2.28. The minimum atomic E-state index is 0.623. The number of hydrogen-bond donors (Lipinski definition) is 0. The van der Waals surface area contributed by atoms with E-state index in [2.05, 4.69) is 13.0 Å². The van der Waals surface area contributed by atoms with Gasteiger partial charge < -0.3 is 9.47 Å². The zero-order valence-electron chi connectivity index (χ0n) is 12.3. The lowest BCUT2D eigenvalue weighted by Gasteiger charge is -2.13. The number of para-hydroxylation sites is 1. The molecule has 0 aliphatic heterocycles. The van der Waals surface area contributed by atoms with E-state index in [4.69, 9.17) is 21.1 Å². The van der Waals surface area contributed by atoms with Crippen LogP contribution in [-0.2, 0) is 6.42 Å². The van der Waals surface area contributed by atoms with Crippen LogP contribution >= 0.6 is 11.6 Å². The molecule has 0 saturated heterocycles. The van der Waals surface area contributed by atoms with Gasteiger partial charge in [-0.2, -0.15) is 0 Å². The fourth-order valence-electron chi connectivity index (χ4n) is 2.09. The van der Waals surface area contributed by atoms with Crippen molar-refractivity contribution in [2.24, 2.45) is 0 Å². The summed E-state index contributed by atoms with van der Waals surface area (Å²) in [7, 11) is 0. The van der Waals surface area contributed by atoms with Crippen molar-refractivity contribution in [1.29, 1.82) is 0 Å². The maximum atomic E-state index is 5.87. The van der Waals surface area contributed by atoms with E-state index in [1.165, 1.54) is 5.56 Å². The molecular formula is C18H21ClO2. The summed E-state index contributed by atoms with van der Waals surface area (Å²) in [5.41, 5.74) is 1.18. The second-order valence-electron chi connectivity index (χ2n) is 4.83. The third-order valence-corrected chi connectivity index (χ3v) is 3.33. The molecule has 21 heavy (non-hydrogen) atoms. The molecule has 112 valence electrons. The Morgan fingerprint density at radius 1 is 1.00 bits per heavy atom. The molecule has 0 N–H and O–H groups in total. The van der Waals surface area contributed by atoms with E-state index in [-0.39, 0.29) is 0 Å². The molecule has 2 rings (SSSR count). The number of ether oxygens (including phenoxy) is 2. The Hall–Kier alpha value is -1.67. The van der Waals surface area contributed by atoms with Gasteiger partial charge in [-0.05, 0) is 48.7 Å². The van der Waals surface area contributed by atoms with Gasteiger partial charge in [-0.15, -0.1) is 11.6 Å². The van der Waals surface area contributed by atoms with Crippen LogP contribution in [0.1, 0.15) is 25.3 Å². The van der Waals surface area contributed by atoms with Crippen molar-refractivity contribution in [1.82, 2.24) is 0 Å². The van der Waals surface area contributed by atoms with E-state index >= 15 is 0 Å². The first-order valence-corrected chi connectivity index (χ1v) is 7.91. The molecule has 2 nitrogen and oxygen atoms in total. The van der Waals surface area contributed by atoms with Gasteiger partial charge in [-0.1, -0.05) is 31.5 Å². The number of hydrogen-bond acceptors (Lipinski definition) is 2. The van der Waals surface area contributed by atoms with Crippen LogP contribution < -0.4 is 9.47 Å². The van der Waals surface area contributed by atoms with Crippen LogP contribution in [0.25, 0.3) is 0 Å². The zero-order chi connectivity index (χ0) is 14.9. The van der Waals surface area contributed by atoms with E-state index in [0.29, 0.717) is 12.5 Å². The van der Waals surface area contributed by atoms with Gasteiger partial charge in [0.25, 0.3) is 0 Å². The largest absolute Gasteiger partial charge is 0.493 e. The van der Waals surface area contributed by atoms with Gasteiger partial charge in [0.05, 0.1) is 6.61 Å². The van der Waals surface area contributed by atoms with Crippen molar-refractivity contribution in [3.8, 4) is 17.2 Å². The van der Waals surface area contributed by atoms with Gasteiger partial charge in [-0.3, -0.25) is 0 Å². The highest BCUT2D eigenvalue weighted by atomic mass is 35.5. The Morgan fingerprint density at radius 3 is 2.52 bits per heavy atom. The number of aryl methyl sites for hydroxylation is 1. The van der Waals surface area contributed by atoms with Crippen LogP contribution in [-0.4, -0.2) is 12.5 Å². The molecule has 0 atom stereocenters. The smallest absolute Gasteiger partial charge is 0.127 e. The molecule has 0 unspecified atom stereocenters. The fourth-order valence-corrected chi connectivity index (χ4v) is 2.20. The molecule has 0 aliphatic rings. The predicted octanol–water partition coefficient (Wildman–Crippen LogP) is 5.44. The summed E-state index contributed by atoms with van der Waals surface area (Å²) in [6.07, 6.45) is 2.90. The molecule has 0 radical (unpaired) electrons. The van der Waals surface area contributed by atoms with Gasteiger partial charge in [0.1, 0.15) is 17.2 Å². The second kappa shape index (κ2) is 8.58. The molecule has 0 heterocycles. The molecule has 0 fully saturated rings. The fraction of sp³-hybridized carbons (Fsp3) is 0.333. The summed E-state index contributed by atoms with van der Waals surface area (Å²) < 4.78 is 11.7. The van der Waals surface area contributed by atoms with E-state index in [0.717, 1.165) is 36.5 Å². The van der Waals surface area contributed by atoms with Crippen LogP contribution in [0.4, 0.5) is 0 Å². The van der Waals surface area contributed by atoms with E-state index in [1.54, 1.807) is 0 Å². The topological polar surface area (TPSA) is 18.5 Å². The van der Waals surface area contributed by atoms with Crippen LogP contribution in [0.5, 0.6) is 17.2 Å². The summed E-state index contributed by atoms with van der Waals surface area (Å²) >= 11 is 5.68. The molecule has 2 aromatic carbocycles. The third-order valence-electron chi connectivity index (χ3n) is 3.07. The van der Waals surface area contributed by atoms with Crippen molar-refractivity contribution in [2.75, 3.05) is 12.5 Å². The average Bonchev–Trinajstić information content (AvgIpc) is 2.51. The van der Waals surface area contributed by atoms with Gasteiger partial charge in [0.2, 0.25) is 0 Å². The summed E-state index contributed by atoms with van der Waals surface area (Å²) in [5.74, 6) is 3.24. The average molecular weight is 305 g/mol. The lowest BCUT2D eigenvalue weighted by molar-refractivity contribution is 0.314. The SMILES string of the molecule is CCCc1cc(Oc2ccccc2)ccc1OCCCCl. The van der Waals surface area contributed by atoms with Crippen molar-refractivity contribution >= 4 is 11.6 Å². The normalized spacial score (nSPS) is 10.4. The molecule has 3 heteroatoms. The first kappa shape index (κ1) is 15.7. The standard InChI is InChI=1S/C18H21ClO2/c1-2-7-15-14-17(21-16-8-4-3-5-9-16)10-11-18(15)20-13-6-12-19/h3-5,8-11,14H,2,6-7,12-13H2,1H3. The molecule has 0 aromatic heterocycles. The Morgan fingerprint density at radius 2 is 1.81 bits per heavy atom. The van der Waals surface area contributed by atoms with Crippen LogP contribution in [0.2, 0.25) is 0 Å². The highest BCUT2D eigenvalue weighted by molar-refractivity contribution is 6.17. The van der Waals surface area contributed by atoms with Crippen LogP contribution in [0, 0.1) is 0 Å². The summed E-state index contributed by atoms with van der Waals surface area (Å²) in [6, 6.07) is 15.8. The molecular weight excluding hydrogens is 284 g/mol. The van der Waals surface area contributed by atoms with Crippen molar-refractivity contribution in [2.45, 2.75) is 26.2 Å². The third kappa shape index (κ3) is 4.98. The second-order valence-corrected chi connectivity index (χ2v) is 5.20. The van der Waals surface area contributed by atoms with Gasteiger partial charge in [0, 0.05) is 5.88 Å². The number of halogens is 1. The Balaban J connectivity index is 2.11. The van der Waals surface area contributed by atoms with Crippen molar-refractivity contribution < 1.29 is 9.47 Å². The Labute approximate surface area is 131 Å². The molecule has 0 bridgehead atoms. The monoisotopic (exact) mass is 304 g/mol. The van der Waals surface area contributed by atoms with E-state index < -0.39 is 0 Å². The number of rotatable bonds is 8. The molecule has 0 spiro atoms. The lowest BCUT2D eigenvalue weighted by Crippen LogP contribution is -2.01. The van der Waals surface area contributed by atoms with E-state index in [1.807, 2.05) is 42.5 Å². The minimum Gasteiger partial charge on any atom is -0.493 e. The predicted molar refractivity (Wildman–Crippen MR) is 87.8 cm³/mol. The quantitative estimate of drug-likeness (QED) is 0.477. The summed E-state index contributed by atoms with van der Waals surface area (Å²) in [5, 5.41) is 0. The van der Waals surface area contributed by atoms with E-state index in [9.17, 15) is 0 Å². The van der Waals surface area contributed by atoms with Crippen LogP contribution in [0.3, 0.4) is 0 Å². The van der Waals surface area contributed by atoms with Crippen molar-refractivity contribution in [3.05, 3.63) is 54.1 Å². The first-order valence-electron chi connectivity index (χ1n) is 7.38. The molecule has 0 saturated carbocycles. The summed E-state index contributed by atoms with van der Waals surface area (Å²) in [4.78, 5) is 0. The van der Waals surface area contributed by atoms with Gasteiger partial charge in [-0.25, -0.2) is 0 Å². The maximum Gasteiger partial charge on any atom is 0.127 e. The maximum absolute atomic E-state index is 5.87. The molecule has 0 amide bonds. The highest BCUT2D eigenvalue weighted by Gasteiger charge is 2.06.